The molecule has 2 saturated heterocycles. The summed E-state index contributed by atoms with van der Waals surface area (Å²) in [7, 11) is 8.76. The van der Waals surface area contributed by atoms with Gasteiger partial charge in [0.05, 0.1) is 24.7 Å². The van der Waals surface area contributed by atoms with E-state index in [9.17, 15) is 19.5 Å². The summed E-state index contributed by atoms with van der Waals surface area (Å²) in [6, 6.07) is -14.3. The molecule has 26 heteroatoms. The van der Waals surface area contributed by atoms with Gasteiger partial charge in [-0.1, -0.05) is 138 Å². The zero-order valence-corrected chi connectivity index (χ0v) is 66.1. The second-order valence-corrected chi connectivity index (χ2v) is 33.3. The first kappa shape index (κ1) is 87.2. The maximum Gasteiger partial charge on any atom is 0.248 e. The average Bonchev–Trinajstić information content (AvgIpc) is 0.822. The van der Waals surface area contributed by atoms with E-state index in [0.29, 0.717) is 25.9 Å². The molecule has 12 amide bonds. The lowest BCUT2D eigenvalue weighted by atomic mass is 9.84. The third kappa shape index (κ3) is 25.9. The van der Waals surface area contributed by atoms with Crippen LogP contribution in [0.1, 0.15) is 244 Å². The summed E-state index contributed by atoms with van der Waals surface area (Å²) < 4.78 is 6.31. The van der Waals surface area contributed by atoms with Crippen LogP contribution >= 0.6 is 0 Å². The van der Waals surface area contributed by atoms with Gasteiger partial charge in [0.1, 0.15) is 66.5 Å². The number of rotatable bonds is 16. The maximum atomic E-state index is 15.6. The molecule has 6 N–H and O–H groups in total. The summed E-state index contributed by atoms with van der Waals surface area (Å²) in [5, 5.41) is 25.9. The zero-order chi connectivity index (χ0) is 76.9. The molecule has 3 aliphatic carbocycles. The minimum atomic E-state index is -1.67. The van der Waals surface area contributed by atoms with Crippen molar-refractivity contribution in [2.45, 2.75) is 322 Å². The molecule has 0 radical (unpaired) electrons. The number of likely N-dealkylation sites (N-methyl/N-ethyl adjacent to an activating group) is 6. The van der Waals surface area contributed by atoms with Crippen molar-refractivity contribution in [3.8, 4) is 0 Å². The summed E-state index contributed by atoms with van der Waals surface area (Å²) in [6.07, 6.45) is 14.1. The van der Waals surface area contributed by atoms with Gasteiger partial charge >= 0.3 is 0 Å². The topological polar surface area (TPSA) is 317 Å². The van der Waals surface area contributed by atoms with Gasteiger partial charge in [-0.05, 0) is 135 Å². The molecule has 5 fully saturated rings. The molecule has 0 spiro atoms. The van der Waals surface area contributed by atoms with E-state index >= 15 is 43.2 Å². The lowest BCUT2D eigenvalue weighted by Gasteiger charge is -2.39. The maximum absolute atomic E-state index is 15.6. The molecule has 586 valence electrons. The Kier molecular flexibility index (Phi) is 34.6. The number of hydrogen-bond donors (Lipinski definition) is 6. The van der Waals surface area contributed by atoms with Gasteiger partial charge in [0, 0.05) is 55.4 Å². The van der Waals surface area contributed by atoms with Crippen molar-refractivity contribution < 1.29 is 67.4 Å². The molecule has 0 aromatic carbocycles. The van der Waals surface area contributed by atoms with Crippen LogP contribution in [0.4, 0.5) is 0 Å². The smallest absolute Gasteiger partial charge is 0.248 e. The van der Waals surface area contributed by atoms with E-state index in [0.717, 1.165) is 103 Å². The number of nitrogens with zero attached hydrogens (tertiary/aromatic N) is 7. The Bertz CT molecular complexity index is 2840. The molecule has 0 bridgehead atoms. The van der Waals surface area contributed by atoms with E-state index in [1.54, 1.807) is 11.8 Å². The first-order chi connectivity index (χ1) is 48.3. The standard InChI is InChI=1S/C77H134N12O14/c1-47(2)39-56-72(98)85(15)59(40-48(3)4)69(95)82-65(52(9)90)76(102)87(17)62(44-55-35-27-21-28-36-55)67(93)80-57(74(100)89-37-29-22-30-38-89)45-64(91)78-50(7)70(96)88(18)63(41-49(5)6)75(101)83(13)51(8)71(97)84(14)60(42-53-31-23-19-24-32-53)68(94)81-58(46-103-77(10,11)12)73(99)86(16)61(66(92)79-56)43-54-33-25-20-26-34-54/h47-63,65,90H,19-46H2,1-18H3,(H,78,91)(H,79,92)(H,80,93)(H,81,94)(H,82,95)/t50-,51+,52-,56+,57+,58+,59+,60+,61+,62+,63+,65+/m1/s1. The van der Waals surface area contributed by atoms with Crippen LogP contribution in [0.15, 0.2) is 0 Å². The van der Waals surface area contributed by atoms with Crippen molar-refractivity contribution in [3.05, 3.63) is 0 Å². The fourth-order valence-corrected chi connectivity index (χ4v) is 15.7. The van der Waals surface area contributed by atoms with Crippen molar-refractivity contribution in [1.29, 1.82) is 0 Å². The van der Waals surface area contributed by atoms with Gasteiger partial charge in [0.15, 0.2) is 0 Å². The van der Waals surface area contributed by atoms with E-state index in [1.807, 2.05) is 62.3 Å². The van der Waals surface area contributed by atoms with Gasteiger partial charge in [-0.15, -0.1) is 0 Å². The first-order valence-electron chi connectivity index (χ1n) is 39.0. The fraction of sp³-hybridized carbons (Fsp3) is 0.844. The molecular formula is C77H134N12O14. The number of amides is 12. The van der Waals surface area contributed by atoms with E-state index in [4.69, 9.17) is 4.74 Å². The quantitative estimate of drug-likeness (QED) is 0.102. The molecule has 0 unspecified atom stereocenters. The van der Waals surface area contributed by atoms with Crippen molar-refractivity contribution >= 4 is 70.9 Å². The number of piperidine rings is 1. The molecule has 103 heavy (non-hydrogen) atoms. The molecule has 12 atom stereocenters. The Balaban J connectivity index is 1.69. The average molecular weight is 1450 g/mol. The van der Waals surface area contributed by atoms with Gasteiger partial charge in [-0.3, -0.25) is 57.5 Å². The highest BCUT2D eigenvalue weighted by Gasteiger charge is 2.45. The number of carbonyl (C=O) groups excluding carboxylic acids is 12. The summed E-state index contributed by atoms with van der Waals surface area (Å²) in [5.74, 6) is -8.68. The van der Waals surface area contributed by atoms with Crippen molar-refractivity contribution in [1.82, 2.24) is 60.9 Å². The largest absolute Gasteiger partial charge is 0.391 e. The Hall–Kier alpha value is -6.44. The molecule has 0 aromatic rings. The minimum absolute atomic E-state index is 0.0101. The third-order valence-corrected chi connectivity index (χ3v) is 22.2. The molecule has 2 heterocycles. The number of aliphatic hydroxyl groups is 1. The van der Waals surface area contributed by atoms with Crippen molar-refractivity contribution in [2.75, 3.05) is 62.0 Å². The lowest BCUT2D eigenvalue weighted by Crippen LogP contribution is -2.63. The molecule has 0 aromatic heterocycles. The lowest BCUT2D eigenvalue weighted by molar-refractivity contribution is -0.153. The van der Waals surface area contributed by atoms with Gasteiger partial charge in [-0.2, -0.15) is 0 Å². The summed E-state index contributed by atoms with van der Waals surface area (Å²) >= 11 is 0. The van der Waals surface area contributed by atoms with Crippen LogP contribution in [-0.2, 0) is 62.3 Å². The Morgan fingerprint density at radius 2 is 0.816 bits per heavy atom. The van der Waals surface area contributed by atoms with Gasteiger partial charge < -0.3 is 70.7 Å². The number of ether oxygens (including phenoxy) is 1. The van der Waals surface area contributed by atoms with E-state index < -0.39 is 155 Å². The summed E-state index contributed by atoms with van der Waals surface area (Å²) in [6.45, 7) is 21.4. The van der Waals surface area contributed by atoms with Crippen LogP contribution in [0.2, 0.25) is 0 Å². The summed E-state index contributed by atoms with van der Waals surface area (Å²) in [5.41, 5.74) is -0.816. The Labute approximate surface area is 615 Å². The van der Waals surface area contributed by atoms with Gasteiger partial charge in [0.2, 0.25) is 70.9 Å². The van der Waals surface area contributed by atoms with Gasteiger partial charge in [-0.25, -0.2) is 0 Å². The molecular weight excluding hydrogens is 1320 g/mol. The Morgan fingerprint density at radius 1 is 0.437 bits per heavy atom. The summed E-state index contributed by atoms with van der Waals surface area (Å²) in [4.78, 5) is 191. The molecule has 2 aliphatic heterocycles. The minimum Gasteiger partial charge on any atom is -0.391 e. The predicted molar refractivity (Wildman–Crippen MR) is 395 cm³/mol. The van der Waals surface area contributed by atoms with Crippen molar-refractivity contribution in [2.24, 2.45) is 35.5 Å². The number of carbonyl (C=O) groups is 12. The zero-order valence-electron chi connectivity index (χ0n) is 66.1. The van der Waals surface area contributed by atoms with Gasteiger partial charge in [0.25, 0.3) is 0 Å². The number of hydrogen-bond acceptors (Lipinski definition) is 14. The monoisotopic (exact) mass is 1450 g/mol. The highest BCUT2D eigenvalue weighted by atomic mass is 16.5. The van der Waals surface area contributed by atoms with E-state index in [-0.39, 0.29) is 80.6 Å². The van der Waals surface area contributed by atoms with Crippen LogP contribution in [0.5, 0.6) is 0 Å². The molecule has 5 aliphatic rings. The van der Waals surface area contributed by atoms with Crippen LogP contribution in [0, 0.1) is 35.5 Å². The van der Waals surface area contributed by atoms with Crippen LogP contribution in [0.3, 0.4) is 0 Å². The van der Waals surface area contributed by atoms with Crippen LogP contribution in [-0.4, -0.2) is 250 Å². The van der Waals surface area contributed by atoms with Crippen molar-refractivity contribution in [3.63, 3.8) is 0 Å². The number of aliphatic hydroxyl groups excluding tert-OH is 1. The highest BCUT2D eigenvalue weighted by molar-refractivity contribution is 6.00. The normalized spacial score (nSPS) is 28.7. The molecule has 26 nitrogen and oxygen atoms in total. The molecule has 3 saturated carbocycles. The van der Waals surface area contributed by atoms with E-state index in [1.165, 1.54) is 85.5 Å². The fourth-order valence-electron chi connectivity index (χ4n) is 15.7. The highest BCUT2D eigenvalue weighted by Crippen LogP contribution is 2.33. The van der Waals surface area contributed by atoms with Crippen LogP contribution < -0.4 is 26.6 Å². The van der Waals surface area contributed by atoms with E-state index in [2.05, 4.69) is 26.6 Å². The Morgan fingerprint density at radius 3 is 1.26 bits per heavy atom. The second-order valence-electron chi connectivity index (χ2n) is 33.3. The SMILES string of the molecule is CC(C)C[C@@H]1NC(=O)[C@H](CC2CCCCC2)N(C)C(=O)[C@H](COC(C)(C)C)NC(=O)[C@H](CC2CCCCC2)N(C)C(=O)[C@H](C)N(C)C(=O)[C@H](CC(C)C)N(C)C(=O)[C@@H](C)NC(=O)C[C@@H](C(=O)N2CCCCC2)NC(=O)[C@H](CC2CCCCC2)N(C)C(=O)[C@H]([C@@H](C)O)NC(=O)[C@H](CC(C)C)N(C)C1=O. The number of nitrogens with one attached hydrogen (secondary N) is 5. The third-order valence-electron chi connectivity index (χ3n) is 22.2. The second kappa shape index (κ2) is 40.9. The number of likely N-dealkylation sites (tertiary alicyclic amines) is 1. The molecule has 5 rings (SSSR count). The first-order valence-corrected chi connectivity index (χ1v) is 39.0. The predicted octanol–water partition coefficient (Wildman–Crippen LogP) is 6.07. The van der Waals surface area contributed by atoms with Crippen LogP contribution in [0.25, 0.3) is 0 Å².